The van der Waals surface area contributed by atoms with Crippen molar-refractivity contribution in [2.45, 2.75) is 232 Å². The zero-order valence-electron chi connectivity index (χ0n) is 38.4. The van der Waals surface area contributed by atoms with E-state index < -0.39 is 18.2 Å². The van der Waals surface area contributed by atoms with Crippen LogP contribution in [0.5, 0.6) is 0 Å². The minimum atomic E-state index is -0.804. The maximum atomic E-state index is 13.2. The number of amides is 1. The van der Waals surface area contributed by atoms with E-state index in [1.54, 1.807) is 0 Å². The van der Waals surface area contributed by atoms with E-state index in [1.807, 2.05) is 30.4 Å². The zero-order valence-corrected chi connectivity index (χ0v) is 38.4. The molecule has 0 saturated heterocycles. The largest absolute Gasteiger partial charge is 0.462 e. The van der Waals surface area contributed by atoms with Crippen molar-refractivity contribution >= 4 is 11.9 Å². The molecule has 0 aromatic heterocycles. The van der Waals surface area contributed by atoms with E-state index in [9.17, 15) is 19.8 Å². The van der Waals surface area contributed by atoms with Crippen molar-refractivity contribution in [1.82, 2.24) is 5.32 Å². The molecule has 0 rings (SSSR count). The summed E-state index contributed by atoms with van der Waals surface area (Å²) in [5, 5.41) is 23.7. The molecule has 6 nitrogen and oxygen atoms in total. The van der Waals surface area contributed by atoms with Crippen molar-refractivity contribution in [2.24, 2.45) is 0 Å². The number of nitrogens with one attached hydrogen (secondary N) is 1. The average Bonchev–Trinajstić information content (AvgIpc) is 3.23. The van der Waals surface area contributed by atoms with Gasteiger partial charge in [0.25, 0.3) is 0 Å². The summed E-state index contributed by atoms with van der Waals surface area (Å²) in [5.41, 5.74) is 0. The van der Waals surface area contributed by atoms with E-state index in [0.29, 0.717) is 19.3 Å². The molecule has 0 aliphatic rings. The number of carbonyl (C=O) groups excluding carboxylic acids is 2. The van der Waals surface area contributed by atoms with Crippen LogP contribution in [-0.2, 0) is 14.3 Å². The molecule has 3 unspecified atom stereocenters. The number of unbranched alkanes of at least 4 members (excludes halogenated alkanes) is 19. The van der Waals surface area contributed by atoms with Crippen molar-refractivity contribution in [1.29, 1.82) is 0 Å². The molecule has 1 amide bonds. The van der Waals surface area contributed by atoms with Crippen LogP contribution in [0.2, 0.25) is 0 Å². The van der Waals surface area contributed by atoms with Gasteiger partial charge in [0.1, 0.15) is 6.10 Å². The molecule has 0 spiro atoms. The molecule has 0 bridgehead atoms. The van der Waals surface area contributed by atoms with Gasteiger partial charge in [-0.15, -0.1) is 0 Å². The number of carbonyl (C=O) groups is 2. The topological polar surface area (TPSA) is 95.9 Å². The first-order valence-electron chi connectivity index (χ1n) is 24.4. The Labute approximate surface area is 363 Å². The Balaban J connectivity index is 4.70. The van der Waals surface area contributed by atoms with Gasteiger partial charge in [0, 0.05) is 6.42 Å². The Kier molecular flexibility index (Phi) is 43.8. The molecular weight excluding hydrogens is 731 g/mol. The number of esters is 1. The van der Waals surface area contributed by atoms with E-state index in [0.717, 1.165) is 103 Å². The zero-order chi connectivity index (χ0) is 43.1. The van der Waals surface area contributed by atoms with Gasteiger partial charge in [0.15, 0.2) is 0 Å². The van der Waals surface area contributed by atoms with Crippen molar-refractivity contribution in [2.75, 3.05) is 6.61 Å². The van der Waals surface area contributed by atoms with Gasteiger partial charge < -0.3 is 20.3 Å². The molecule has 0 fully saturated rings. The van der Waals surface area contributed by atoms with Crippen LogP contribution >= 0.6 is 0 Å². The second-order valence-electron chi connectivity index (χ2n) is 16.2. The quantitative estimate of drug-likeness (QED) is 0.0247. The minimum absolute atomic E-state index is 0.0422. The third-order valence-corrected chi connectivity index (χ3v) is 10.6. The predicted molar refractivity (Wildman–Crippen MR) is 254 cm³/mol. The van der Waals surface area contributed by atoms with Crippen LogP contribution < -0.4 is 5.32 Å². The molecule has 3 atom stereocenters. The lowest BCUT2D eigenvalue weighted by Gasteiger charge is -2.24. The molecule has 0 aromatic rings. The normalized spacial score (nSPS) is 14.1. The van der Waals surface area contributed by atoms with Gasteiger partial charge >= 0.3 is 5.97 Å². The summed E-state index contributed by atoms with van der Waals surface area (Å²) in [6.45, 7) is 6.20. The molecule has 0 saturated carbocycles. The Hall–Kier alpha value is -2.96. The van der Waals surface area contributed by atoms with E-state index in [4.69, 9.17) is 4.74 Å². The molecule has 0 aromatic carbocycles. The van der Waals surface area contributed by atoms with E-state index in [1.165, 1.54) is 64.2 Å². The van der Waals surface area contributed by atoms with Crippen LogP contribution in [-0.4, -0.2) is 46.9 Å². The summed E-state index contributed by atoms with van der Waals surface area (Å²) in [4.78, 5) is 26.1. The van der Waals surface area contributed by atoms with Crippen LogP contribution in [0.25, 0.3) is 0 Å². The second kappa shape index (κ2) is 46.1. The highest BCUT2D eigenvalue weighted by molar-refractivity contribution is 5.77. The Morgan fingerprint density at radius 1 is 0.525 bits per heavy atom. The molecule has 59 heavy (non-hydrogen) atoms. The highest BCUT2D eigenvalue weighted by atomic mass is 16.5. The van der Waals surface area contributed by atoms with Crippen molar-refractivity contribution < 1.29 is 24.5 Å². The number of allylic oxidation sites excluding steroid dienone is 14. The van der Waals surface area contributed by atoms with Gasteiger partial charge in [-0.3, -0.25) is 9.59 Å². The van der Waals surface area contributed by atoms with Crippen molar-refractivity contribution in [3.8, 4) is 0 Å². The Bertz CT molecular complexity index is 1150. The highest BCUT2D eigenvalue weighted by Crippen LogP contribution is 2.17. The number of aliphatic hydroxyl groups excluding tert-OH is 2. The average molecular weight is 822 g/mol. The molecule has 0 radical (unpaired) electrons. The van der Waals surface area contributed by atoms with Gasteiger partial charge in [-0.05, 0) is 77.0 Å². The van der Waals surface area contributed by atoms with E-state index >= 15 is 0 Å². The second-order valence-corrected chi connectivity index (χ2v) is 16.2. The first-order chi connectivity index (χ1) is 29.0. The molecule has 0 aliphatic heterocycles. The van der Waals surface area contributed by atoms with Gasteiger partial charge in [-0.25, -0.2) is 0 Å². The smallest absolute Gasteiger partial charge is 0.306 e. The third kappa shape index (κ3) is 41.6. The lowest BCUT2D eigenvalue weighted by molar-refractivity contribution is -0.151. The fourth-order valence-electron chi connectivity index (χ4n) is 6.92. The number of hydrogen-bond acceptors (Lipinski definition) is 5. The summed E-state index contributed by atoms with van der Waals surface area (Å²) in [7, 11) is 0. The lowest BCUT2D eigenvalue weighted by Crippen LogP contribution is -2.46. The summed E-state index contributed by atoms with van der Waals surface area (Å²) in [6.07, 6.45) is 59.2. The minimum Gasteiger partial charge on any atom is -0.462 e. The summed E-state index contributed by atoms with van der Waals surface area (Å²) in [5.74, 6) is -0.549. The van der Waals surface area contributed by atoms with E-state index in [2.05, 4.69) is 80.8 Å². The first kappa shape index (κ1) is 56.0. The monoisotopic (exact) mass is 822 g/mol. The fourth-order valence-corrected chi connectivity index (χ4v) is 6.92. The van der Waals surface area contributed by atoms with Crippen LogP contribution in [0.1, 0.15) is 213 Å². The molecule has 0 aliphatic carbocycles. The summed E-state index contributed by atoms with van der Waals surface area (Å²) in [6, 6.07) is -0.721. The van der Waals surface area contributed by atoms with Gasteiger partial charge in [0.05, 0.1) is 25.2 Å². The van der Waals surface area contributed by atoms with Gasteiger partial charge in [-0.1, -0.05) is 209 Å². The number of rotatable bonds is 42. The molecule has 3 N–H and O–H groups in total. The Morgan fingerprint density at radius 2 is 1.00 bits per heavy atom. The molecule has 6 heteroatoms. The lowest BCUT2D eigenvalue weighted by atomic mass is 10.0. The van der Waals surface area contributed by atoms with Crippen molar-refractivity contribution in [3.05, 3.63) is 85.1 Å². The SMILES string of the molecule is CC/C=C/C=C/C=C\C=C/CCCCCC(=O)OC(CCCCCC/C=C/C/C=C/C/C=C/CC)CC(=O)NC(CO)C(O)CCCCCCCCCCCCCCC. The van der Waals surface area contributed by atoms with Crippen LogP contribution in [0.4, 0.5) is 0 Å². The Morgan fingerprint density at radius 3 is 1.59 bits per heavy atom. The standard InChI is InChI=1S/C53H91NO5/c1-4-7-10-13-16-19-22-25-28-29-32-35-38-41-44-49(59-53(58)46-43-40-37-34-31-27-24-21-18-15-12-9-6-3)47-52(57)54-50(48-55)51(56)45-42-39-36-33-30-26-23-20-17-14-11-8-5-2/h7,9-10,12,15-16,18-19,21,24-25,27-28,31,49-51,55-56H,4-6,8,11,13-14,17,20,22-23,26,29-30,32-48H2,1-3H3,(H,54,57)/b10-7+,12-9+,18-15+,19-16+,24-21-,28-25+,31-27-. The number of ether oxygens (including phenoxy) is 1. The van der Waals surface area contributed by atoms with Crippen LogP contribution in [0.3, 0.4) is 0 Å². The number of aliphatic hydroxyl groups is 2. The molecule has 338 valence electrons. The third-order valence-electron chi connectivity index (χ3n) is 10.6. The summed E-state index contributed by atoms with van der Waals surface area (Å²) < 4.78 is 5.89. The number of hydrogen-bond donors (Lipinski definition) is 3. The maximum Gasteiger partial charge on any atom is 0.306 e. The van der Waals surface area contributed by atoms with Gasteiger partial charge in [-0.2, -0.15) is 0 Å². The molecular formula is C53H91NO5. The summed E-state index contributed by atoms with van der Waals surface area (Å²) >= 11 is 0. The van der Waals surface area contributed by atoms with Crippen LogP contribution in [0.15, 0.2) is 85.1 Å². The molecule has 0 heterocycles. The van der Waals surface area contributed by atoms with Crippen molar-refractivity contribution in [3.63, 3.8) is 0 Å². The van der Waals surface area contributed by atoms with Crippen LogP contribution in [0, 0.1) is 0 Å². The van der Waals surface area contributed by atoms with E-state index in [-0.39, 0.29) is 24.9 Å². The predicted octanol–water partition coefficient (Wildman–Crippen LogP) is 14.4. The maximum absolute atomic E-state index is 13.2. The highest BCUT2D eigenvalue weighted by Gasteiger charge is 2.24. The fraction of sp³-hybridized carbons (Fsp3) is 0.698. The first-order valence-corrected chi connectivity index (χ1v) is 24.4. The van der Waals surface area contributed by atoms with Gasteiger partial charge in [0.2, 0.25) is 5.91 Å².